The summed E-state index contributed by atoms with van der Waals surface area (Å²) in [6, 6.07) is 20.1. The second kappa shape index (κ2) is 11.8. The Morgan fingerprint density at radius 1 is 1.08 bits per heavy atom. The van der Waals surface area contributed by atoms with Gasteiger partial charge in [0, 0.05) is 34.0 Å². The zero-order valence-corrected chi connectivity index (χ0v) is 22.7. The fraction of sp³-hybridized carbons (Fsp3) is 0.111. The third kappa shape index (κ3) is 6.25. The van der Waals surface area contributed by atoms with Crippen LogP contribution in [0.5, 0.6) is 5.75 Å². The fourth-order valence-corrected chi connectivity index (χ4v) is 5.34. The zero-order chi connectivity index (χ0) is 27.3. The predicted octanol–water partition coefficient (Wildman–Crippen LogP) is 5.67. The van der Waals surface area contributed by atoms with Gasteiger partial charge in [0.2, 0.25) is 21.9 Å². The normalized spacial score (nSPS) is 11.4. The first-order valence-corrected chi connectivity index (χ1v) is 13.6. The van der Waals surface area contributed by atoms with Gasteiger partial charge in [-0.05, 0) is 54.6 Å². The molecule has 196 valence electrons. The Hall–Kier alpha value is -3.63. The number of ether oxygens (including phenoxy) is 1. The molecule has 0 aliphatic carbocycles. The van der Waals surface area contributed by atoms with Crippen molar-refractivity contribution in [3.63, 3.8) is 0 Å². The molecule has 1 heterocycles. The number of carbonyl (C=O) groups is 1. The standard InChI is InChI=1S/C27H24Cl2N4O4S/c1-3-15-32(38(35,36)24-13-11-23(37-2)12-14-24)18-26(34)31-27-30-25(19-7-9-20(28)10-8-19)17-33(27)22-6-4-5-21(29)16-22/h3-14,16-17H,1,15,18H2,2H3,(H,30,31,34). The maximum Gasteiger partial charge on any atom is 0.243 e. The van der Waals surface area contributed by atoms with Crippen LogP contribution in [-0.2, 0) is 14.8 Å². The summed E-state index contributed by atoms with van der Waals surface area (Å²) in [5.74, 6) is 0.129. The highest BCUT2D eigenvalue weighted by Crippen LogP contribution is 2.27. The van der Waals surface area contributed by atoms with Gasteiger partial charge < -0.3 is 4.74 Å². The molecule has 0 fully saturated rings. The molecule has 11 heteroatoms. The van der Waals surface area contributed by atoms with E-state index >= 15 is 0 Å². The third-order valence-electron chi connectivity index (χ3n) is 5.53. The number of methoxy groups -OCH3 is 1. The highest BCUT2D eigenvalue weighted by Gasteiger charge is 2.26. The Kier molecular flexibility index (Phi) is 8.53. The number of sulfonamides is 1. The molecule has 0 aliphatic rings. The van der Waals surface area contributed by atoms with Gasteiger partial charge in [0.25, 0.3) is 0 Å². The molecule has 1 amide bonds. The maximum absolute atomic E-state index is 13.3. The van der Waals surface area contributed by atoms with E-state index in [1.165, 1.54) is 25.3 Å². The average molecular weight is 571 g/mol. The lowest BCUT2D eigenvalue weighted by Gasteiger charge is -2.20. The van der Waals surface area contributed by atoms with Gasteiger partial charge in [0.05, 0.1) is 24.2 Å². The number of nitrogens with one attached hydrogen (secondary N) is 1. The first kappa shape index (κ1) is 27.4. The van der Waals surface area contributed by atoms with Crippen molar-refractivity contribution in [2.75, 3.05) is 25.5 Å². The molecule has 0 atom stereocenters. The molecule has 1 N–H and O–H groups in total. The van der Waals surface area contributed by atoms with Gasteiger partial charge in [0.15, 0.2) is 0 Å². The number of imidazole rings is 1. The van der Waals surface area contributed by atoms with Crippen molar-refractivity contribution in [3.05, 3.63) is 102 Å². The van der Waals surface area contributed by atoms with E-state index in [4.69, 9.17) is 27.9 Å². The minimum absolute atomic E-state index is 0.0263. The van der Waals surface area contributed by atoms with E-state index in [0.717, 1.165) is 9.87 Å². The van der Waals surface area contributed by atoms with E-state index in [2.05, 4.69) is 16.9 Å². The highest BCUT2D eigenvalue weighted by molar-refractivity contribution is 7.89. The molecule has 8 nitrogen and oxygen atoms in total. The smallest absolute Gasteiger partial charge is 0.243 e. The van der Waals surface area contributed by atoms with E-state index in [0.29, 0.717) is 27.2 Å². The molecule has 0 bridgehead atoms. The van der Waals surface area contributed by atoms with Crippen molar-refractivity contribution in [1.82, 2.24) is 13.9 Å². The Balaban J connectivity index is 1.64. The topological polar surface area (TPSA) is 93.5 Å². The van der Waals surface area contributed by atoms with Crippen LogP contribution in [-0.4, -0.2) is 48.4 Å². The molecule has 0 aliphatic heterocycles. The summed E-state index contributed by atoms with van der Waals surface area (Å²) >= 11 is 12.2. The predicted molar refractivity (Wildman–Crippen MR) is 150 cm³/mol. The number of benzene rings is 3. The molecule has 0 saturated carbocycles. The summed E-state index contributed by atoms with van der Waals surface area (Å²) < 4.78 is 34.3. The lowest BCUT2D eigenvalue weighted by molar-refractivity contribution is -0.116. The Morgan fingerprint density at radius 2 is 1.79 bits per heavy atom. The number of aromatic nitrogens is 2. The summed E-state index contributed by atoms with van der Waals surface area (Å²) in [5.41, 5.74) is 2.01. The minimum Gasteiger partial charge on any atom is -0.497 e. The molecule has 3 aromatic carbocycles. The van der Waals surface area contributed by atoms with E-state index in [-0.39, 0.29) is 17.4 Å². The third-order valence-corrected chi connectivity index (χ3v) is 7.85. The number of rotatable bonds is 10. The van der Waals surface area contributed by atoms with Crippen LogP contribution in [0.2, 0.25) is 10.0 Å². The van der Waals surface area contributed by atoms with Crippen molar-refractivity contribution in [2.45, 2.75) is 4.90 Å². The number of hydrogen-bond donors (Lipinski definition) is 1. The van der Waals surface area contributed by atoms with Crippen LogP contribution in [0.1, 0.15) is 0 Å². The SMILES string of the molecule is C=CCN(CC(=O)Nc1nc(-c2ccc(Cl)cc2)cn1-c1cccc(Cl)c1)S(=O)(=O)c1ccc(OC)cc1. The van der Waals surface area contributed by atoms with Crippen molar-refractivity contribution in [1.29, 1.82) is 0 Å². The molecule has 0 radical (unpaired) electrons. The Bertz CT molecular complexity index is 1550. The average Bonchev–Trinajstić information content (AvgIpc) is 3.32. The summed E-state index contributed by atoms with van der Waals surface area (Å²) in [6.07, 6.45) is 3.17. The van der Waals surface area contributed by atoms with E-state index in [1.807, 2.05) is 18.2 Å². The first-order valence-electron chi connectivity index (χ1n) is 11.4. The van der Waals surface area contributed by atoms with Crippen LogP contribution in [0, 0.1) is 0 Å². The Labute approximate surface area is 231 Å². The van der Waals surface area contributed by atoms with Gasteiger partial charge >= 0.3 is 0 Å². The van der Waals surface area contributed by atoms with Crippen LogP contribution < -0.4 is 10.1 Å². The van der Waals surface area contributed by atoms with Crippen molar-refractivity contribution >= 4 is 45.1 Å². The number of hydrogen-bond acceptors (Lipinski definition) is 5. The van der Waals surface area contributed by atoms with Crippen LogP contribution in [0.3, 0.4) is 0 Å². The van der Waals surface area contributed by atoms with Crippen molar-refractivity contribution in [3.8, 4) is 22.7 Å². The molecular weight excluding hydrogens is 547 g/mol. The van der Waals surface area contributed by atoms with E-state index in [1.54, 1.807) is 53.2 Å². The van der Waals surface area contributed by atoms with Crippen LogP contribution >= 0.6 is 23.2 Å². The molecule has 1 aromatic heterocycles. The van der Waals surface area contributed by atoms with Gasteiger partial charge in [-0.2, -0.15) is 4.31 Å². The molecule has 0 spiro atoms. The number of anilines is 1. The first-order chi connectivity index (χ1) is 18.2. The van der Waals surface area contributed by atoms with Crippen molar-refractivity contribution < 1.29 is 17.9 Å². The number of nitrogens with zero attached hydrogens (tertiary/aromatic N) is 3. The van der Waals surface area contributed by atoms with Gasteiger partial charge in [0.1, 0.15) is 5.75 Å². The Morgan fingerprint density at radius 3 is 2.42 bits per heavy atom. The summed E-state index contributed by atoms with van der Waals surface area (Å²) in [7, 11) is -2.51. The molecule has 4 aromatic rings. The highest BCUT2D eigenvalue weighted by atomic mass is 35.5. The number of carbonyl (C=O) groups excluding carboxylic acids is 1. The molecular formula is C27H24Cl2N4O4S. The van der Waals surface area contributed by atoms with Gasteiger partial charge in [-0.3, -0.25) is 14.7 Å². The quantitative estimate of drug-likeness (QED) is 0.248. The monoisotopic (exact) mass is 570 g/mol. The number of halogens is 2. The van der Waals surface area contributed by atoms with Crippen LogP contribution in [0.15, 0.2) is 96.5 Å². The molecule has 38 heavy (non-hydrogen) atoms. The van der Waals surface area contributed by atoms with Crippen LogP contribution in [0.4, 0.5) is 5.95 Å². The van der Waals surface area contributed by atoms with E-state index in [9.17, 15) is 13.2 Å². The largest absolute Gasteiger partial charge is 0.497 e. The minimum atomic E-state index is -4.00. The van der Waals surface area contributed by atoms with Gasteiger partial charge in [-0.15, -0.1) is 6.58 Å². The lowest BCUT2D eigenvalue weighted by Crippen LogP contribution is -2.38. The fourth-order valence-electron chi connectivity index (χ4n) is 3.66. The number of amides is 1. The molecule has 0 unspecified atom stereocenters. The maximum atomic E-state index is 13.3. The zero-order valence-electron chi connectivity index (χ0n) is 20.3. The van der Waals surface area contributed by atoms with Gasteiger partial charge in [-0.1, -0.05) is 47.5 Å². The van der Waals surface area contributed by atoms with E-state index < -0.39 is 22.5 Å². The molecule has 4 rings (SSSR count). The lowest BCUT2D eigenvalue weighted by atomic mass is 10.2. The van der Waals surface area contributed by atoms with Crippen molar-refractivity contribution in [2.24, 2.45) is 0 Å². The molecule has 0 saturated heterocycles. The van der Waals surface area contributed by atoms with Gasteiger partial charge in [-0.25, -0.2) is 13.4 Å². The summed E-state index contributed by atoms with van der Waals surface area (Å²) in [6.45, 7) is 3.11. The second-order valence-corrected chi connectivity index (χ2v) is 10.9. The summed E-state index contributed by atoms with van der Waals surface area (Å²) in [5, 5.41) is 3.83. The van der Waals surface area contributed by atoms with Crippen LogP contribution in [0.25, 0.3) is 16.9 Å². The summed E-state index contributed by atoms with van der Waals surface area (Å²) in [4.78, 5) is 17.8. The second-order valence-electron chi connectivity index (χ2n) is 8.12.